The summed E-state index contributed by atoms with van der Waals surface area (Å²) in [6.45, 7) is 4.22. The smallest absolute Gasteiger partial charge is 0.277 e. The molecular formula is C13H22N4O4. The van der Waals surface area contributed by atoms with E-state index in [1.165, 1.54) is 21.1 Å². The molecule has 1 heterocycles. The van der Waals surface area contributed by atoms with Crippen molar-refractivity contribution in [2.45, 2.75) is 32.7 Å². The highest BCUT2D eigenvalue weighted by Crippen LogP contribution is 2.11. The van der Waals surface area contributed by atoms with Gasteiger partial charge in [-0.2, -0.15) is 0 Å². The molecule has 0 radical (unpaired) electrons. The lowest BCUT2D eigenvalue weighted by molar-refractivity contribution is -0.125. The van der Waals surface area contributed by atoms with Crippen molar-refractivity contribution in [3.8, 4) is 0 Å². The van der Waals surface area contributed by atoms with Gasteiger partial charge < -0.3 is 19.9 Å². The maximum Gasteiger partial charge on any atom is 0.277 e. The van der Waals surface area contributed by atoms with Crippen LogP contribution >= 0.6 is 0 Å². The third-order valence-electron chi connectivity index (χ3n) is 3.15. The molecule has 0 aromatic rings. The van der Waals surface area contributed by atoms with E-state index >= 15 is 0 Å². The average Bonchev–Trinajstić information content (AvgIpc) is 2.44. The maximum atomic E-state index is 12.4. The number of likely N-dealkylation sites (tertiary alicyclic amines) is 1. The van der Waals surface area contributed by atoms with E-state index in [0.717, 1.165) is 0 Å². The van der Waals surface area contributed by atoms with Gasteiger partial charge in [0.25, 0.3) is 5.91 Å². The van der Waals surface area contributed by atoms with E-state index in [0.29, 0.717) is 31.6 Å². The second-order valence-electron chi connectivity index (χ2n) is 4.75. The highest BCUT2D eigenvalue weighted by atomic mass is 16.6. The molecule has 2 amide bonds. The fraction of sp³-hybridized carbons (Fsp3) is 0.692. The number of oxime groups is 2. The van der Waals surface area contributed by atoms with Gasteiger partial charge in [-0.25, -0.2) is 0 Å². The first-order chi connectivity index (χ1) is 9.99. The number of piperidine rings is 1. The molecule has 1 fully saturated rings. The van der Waals surface area contributed by atoms with E-state index in [9.17, 15) is 9.59 Å². The summed E-state index contributed by atoms with van der Waals surface area (Å²) in [7, 11) is 2.77. The molecule has 1 saturated heterocycles. The van der Waals surface area contributed by atoms with E-state index in [-0.39, 0.29) is 23.6 Å². The zero-order valence-electron chi connectivity index (χ0n) is 12.9. The average molecular weight is 298 g/mol. The molecule has 0 atom stereocenters. The Morgan fingerprint density at radius 1 is 1.10 bits per heavy atom. The molecule has 1 N–H and O–H groups in total. The predicted octanol–water partition coefficient (Wildman–Crippen LogP) is 0.138. The Bertz CT molecular complexity index is 439. The first-order valence-electron chi connectivity index (χ1n) is 6.75. The fourth-order valence-corrected chi connectivity index (χ4v) is 2.20. The molecule has 0 aromatic heterocycles. The summed E-state index contributed by atoms with van der Waals surface area (Å²) >= 11 is 0. The van der Waals surface area contributed by atoms with Crippen LogP contribution in [0.1, 0.15) is 26.7 Å². The lowest BCUT2D eigenvalue weighted by Crippen LogP contribution is -2.48. The van der Waals surface area contributed by atoms with Gasteiger partial charge in [0.2, 0.25) is 5.91 Å². The van der Waals surface area contributed by atoms with Crippen molar-refractivity contribution in [3.05, 3.63) is 0 Å². The molecule has 0 unspecified atom stereocenters. The van der Waals surface area contributed by atoms with Gasteiger partial charge in [0, 0.05) is 26.1 Å². The number of carbonyl (C=O) groups excluding carboxylic acids is 2. The van der Waals surface area contributed by atoms with Gasteiger partial charge >= 0.3 is 0 Å². The highest BCUT2D eigenvalue weighted by molar-refractivity contribution is 6.66. The van der Waals surface area contributed by atoms with Crippen molar-refractivity contribution in [3.63, 3.8) is 0 Å². The zero-order valence-corrected chi connectivity index (χ0v) is 12.9. The van der Waals surface area contributed by atoms with Crippen molar-refractivity contribution in [1.29, 1.82) is 0 Å². The summed E-state index contributed by atoms with van der Waals surface area (Å²) in [5.41, 5.74) is 0.477. The first kappa shape index (κ1) is 16.9. The standard InChI is InChI=1S/C13H22N4O4/c1-9(15-20-3)12(16-21-4)13(19)17-7-5-11(6-8-17)14-10(2)18/h11H,5-8H2,1-4H3,(H,14,18). The van der Waals surface area contributed by atoms with Gasteiger partial charge in [0.15, 0.2) is 5.71 Å². The summed E-state index contributed by atoms with van der Waals surface area (Å²) in [6, 6.07) is 0.114. The van der Waals surface area contributed by atoms with Crippen LogP contribution in [-0.4, -0.2) is 61.5 Å². The third-order valence-corrected chi connectivity index (χ3v) is 3.15. The quantitative estimate of drug-likeness (QED) is 0.577. The Morgan fingerprint density at radius 2 is 1.67 bits per heavy atom. The number of hydrogen-bond acceptors (Lipinski definition) is 6. The van der Waals surface area contributed by atoms with E-state index in [2.05, 4.69) is 20.5 Å². The number of carbonyl (C=O) groups is 2. The molecule has 8 nitrogen and oxygen atoms in total. The van der Waals surface area contributed by atoms with Crippen molar-refractivity contribution < 1.29 is 19.3 Å². The molecule has 1 rings (SSSR count). The van der Waals surface area contributed by atoms with Gasteiger partial charge in [-0.3, -0.25) is 9.59 Å². The van der Waals surface area contributed by atoms with Crippen molar-refractivity contribution in [2.75, 3.05) is 27.3 Å². The fourth-order valence-electron chi connectivity index (χ4n) is 2.20. The Morgan fingerprint density at radius 3 is 2.14 bits per heavy atom. The van der Waals surface area contributed by atoms with Gasteiger partial charge in [-0.15, -0.1) is 0 Å². The van der Waals surface area contributed by atoms with Gasteiger partial charge in [0.1, 0.15) is 19.9 Å². The minimum Gasteiger partial charge on any atom is -0.399 e. The monoisotopic (exact) mass is 298 g/mol. The Kier molecular flexibility index (Phi) is 6.64. The molecule has 1 aliphatic rings. The van der Waals surface area contributed by atoms with E-state index in [1.54, 1.807) is 11.8 Å². The van der Waals surface area contributed by atoms with Crippen LogP contribution in [0.3, 0.4) is 0 Å². The van der Waals surface area contributed by atoms with Crippen LogP contribution in [0.5, 0.6) is 0 Å². The van der Waals surface area contributed by atoms with Crippen LogP contribution in [0.2, 0.25) is 0 Å². The number of hydrogen-bond donors (Lipinski definition) is 1. The second kappa shape index (κ2) is 8.23. The first-order valence-corrected chi connectivity index (χ1v) is 6.75. The van der Waals surface area contributed by atoms with Gasteiger partial charge in [0.05, 0.1) is 0 Å². The molecule has 0 bridgehead atoms. The van der Waals surface area contributed by atoms with Crippen LogP contribution in [-0.2, 0) is 19.3 Å². The molecule has 21 heavy (non-hydrogen) atoms. The lowest BCUT2D eigenvalue weighted by atomic mass is 10.0. The molecule has 8 heteroatoms. The van der Waals surface area contributed by atoms with Crippen molar-refractivity contribution in [2.24, 2.45) is 10.3 Å². The van der Waals surface area contributed by atoms with Crippen LogP contribution in [0.4, 0.5) is 0 Å². The van der Waals surface area contributed by atoms with E-state index < -0.39 is 0 Å². The van der Waals surface area contributed by atoms with Crippen LogP contribution in [0.25, 0.3) is 0 Å². The SMILES string of the molecule is CON=C(C)C(=NOC)C(=O)N1CCC(NC(C)=O)CC1. The second-order valence-corrected chi connectivity index (χ2v) is 4.75. The highest BCUT2D eigenvalue weighted by Gasteiger charge is 2.28. The summed E-state index contributed by atoms with van der Waals surface area (Å²) in [5, 5.41) is 10.3. The predicted molar refractivity (Wildman–Crippen MR) is 78.0 cm³/mol. The molecule has 0 saturated carbocycles. The number of amides is 2. The molecule has 0 aliphatic carbocycles. The van der Waals surface area contributed by atoms with E-state index in [1.807, 2.05) is 0 Å². The molecule has 1 aliphatic heterocycles. The van der Waals surface area contributed by atoms with Gasteiger partial charge in [-0.1, -0.05) is 10.3 Å². The van der Waals surface area contributed by atoms with Crippen LogP contribution in [0.15, 0.2) is 10.3 Å². The Balaban J connectivity index is 2.68. The molecule has 0 spiro atoms. The number of nitrogens with zero attached hydrogens (tertiary/aromatic N) is 3. The van der Waals surface area contributed by atoms with Gasteiger partial charge in [-0.05, 0) is 19.8 Å². The zero-order chi connectivity index (χ0) is 15.8. The Labute approximate surface area is 124 Å². The normalized spacial score (nSPS) is 17.4. The summed E-state index contributed by atoms with van der Waals surface area (Å²) < 4.78 is 0. The molecule has 0 aromatic carbocycles. The minimum absolute atomic E-state index is 0.0514. The van der Waals surface area contributed by atoms with Crippen LogP contribution < -0.4 is 5.32 Å². The summed E-state index contributed by atoms with van der Waals surface area (Å²) in [4.78, 5) is 34.5. The Hall–Kier alpha value is -2.12. The van der Waals surface area contributed by atoms with Crippen molar-refractivity contribution in [1.82, 2.24) is 10.2 Å². The summed E-state index contributed by atoms with van der Waals surface area (Å²) in [5.74, 6) is -0.305. The lowest BCUT2D eigenvalue weighted by Gasteiger charge is -2.32. The maximum absolute atomic E-state index is 12.4. The largest absolute Gasteiger partial charge is 0.399 e. The molecular weight excluding hydrogens is 276 g/mol. The molecule has 118 valence electrons. The topological polar surface area (TPSA) is 92.6 Å². The summed E-state index contributed by atoms with van der Waals surface area (Å²) in [6.07, 6.45) is 1.43. The van der Waals surface area contributed by atoms with Crippen molar-refractivity contribution >= 4 is 23.2 Å². The number of nitrogens with one attached hydrogen (secondary N) is 1. The van der Waals surface area contributed by atoms with Crippen LogP contribution in [0, 0.1) is 0 Å². The third kappa shape index (κ3) is 5.05. The minimum atomic E-state index is -0.253. The number of rotatable bonds is 5. The van der Waals surface area contributed by atoms with E-state index in [4.69, 9.17) is 4.84 Å².